The number of carbonyl (C=O) groups is 2. The third-order valence-electron chi connectivity index (χ3n) is 4.83. The van der Waals surface area contributed by atoms with E-state index in [-0.39, 0.29) is 29.3 Å². The van der Waals surface area contributed by atoms with E-state index in [4.69, 9.17) is 0 Å². The van der Waals surface area contributed by atoms with Crippen molar-refractivity contribution in [1.82, 2.24) is 10.6 Å². The monoisotopic (exact) mass is 296 g/mol. The fourth-order valence-corrected chi connectivity index (χ4v) is 3.01. The summed E-state index contributed by atoms with van der Waals surface area (Å²) in [6, 6.07) is -0.170. The minimum absolute atomic E-state index is 0.0160. The molecule has 3 N–H and O–H groups in total. The summed E-state index contributed by atoms with van der Waals surface area (Å²) in [5.74, 6) is -0.973. The molecule has 5 nitrogen and oxygen atoms in total. The van der Waals surface area contributed by atoms with E-state index >= 15 is 0 Å². The van der Waals surface area contributed by atoms with Crippen molar-refractivity contribution < 1.29 is 14.7 Å². The van der Waals surface area contributed by atoms with E-state index in [2.05, 4.69) is 10.6 Å². The van der Waals surface area contributed by atoms with Crippen LogP contribution in [-0.4, -0.2) is 29.7 Å². The molecule has 0 aromatic rings. The highest BCUT2D eigenvalue weighted by molar-refractivity contribution is 5.75. The molecular weight excluding hydrogens is 268 g/mol. The zero-order valence-corrected chi connectivity index (χ0v) is 13.7. The van der Waals surface area contributed by atoms with Crippen LogP contribution in [0.4, 0.5) is 4.79 Å². The van der Waals surface area contributed by atoms with Crippen LogP contribution in [0.25, 0.3) is 0 Å². The van der Waals surface area contributed by atoms with E-state index in [1.165, 1.54) is 0 Å². The van der Waals surface area contributed by atoms with Gasteiger partial charge in [-0.05, 0) is 38.0 Å². The maximum Gasteiger partial charge on any atom is 0.315 e. The van der Waals surface area contributed by atoms with Gasteiger partial charge >= 0.3 is 12.0 Å². The van der Waals surface area contributed by atoms with Crippen LogP contribution >= 0.6 is 0 Å². The standard InChI is InChI=1S/C16H28N2O3/c1-10(2)8-9-17-15(21)18-13-7-6-12(14(19)20)16(4,5)11(13)3/h8,11-13H,6-7,9H2,1-5H3,(H,19,20)(H2,17,18,21). The number of nitrogens with one attached hydrogen (secondary N) is 2. The lowest BCUT2D eigenvalue weighted by Crippen LogP contribution is -2.54. The highest BCUT2D eigenvalue weighted by Crippen LogP contribution is 2.44. The van der Waals surface area contributed by atoms with Crippen LogP contribution in [0.15, 0.2) is 11.6 Å². The summed E-state index contributed by atoms with van der Waals surface area (Å²) < 4.78 is 0. The first kappa shape index (κ1) is 17.5. The number of hydrogen-bond donors (Lipinski definition) is 3. The van der Waals surface area contributed by atoms with Crippen molar-refractivity contribution in [2.24, 2.45) is 17.3 Å². The van der Waals surface area contributed by atoms with E-state index in [1.54, 1.807) is 0 Å². The maximum atomic E-state index is 11.9. The van der Waals surface area contributed by atoms with Crippen LogP contribution in [0.1, 0.15) is 47.5 Å². The number of allylic oxidation sites excluding steroid dienone is 1. The van der Waals surface area contributed by atoms with E-state index in [9.17, 15) is 14.7 Å². The molecule has 1 rings (SSSR count). The van der Waals surface area contributed by atoms with Crippen molar-refractivity contribution in [3.05, 3.63) is 11.6 Å². The molecule has 5 heteroatoms. The van der Waals surface area contributed by atoms with Crippen LogP contribution in [-0.2, 0) is 4.79 Å². The first-order chi connectivity index (χ1) is 9.66. The Morgan fingerprint density at radius 1 is 1.29 bits per heavy atom. The molecule has 21 heavy (non-hydrogen) atoms. The summed E-state index contributed by atoms with van der Waals surface area (Å²) in [6.45, 7) is 10.5. The molecule has 0 saturated heterocycles. The van der Waals surface area contributed by atoms with E-state index in [0.717, 1.165) is 5.57 Å². The van der Waals surface area contributed by atoms with Gasteiger partial charge in [-0.3, -0.25) is 4.79 Å². The Kier molecular flexibility index (Phi) is 5.81. The minimum Gasteiger partial charge on any atom is -0.481 e. The molecule has 3 unspecified atom stereocenters. The Morgan fingerprint density at radius 2 is 1.90 bits per heavy atom. The molecule has 2 amide bonds. The van der Waals surface area contributed by atoms with E-state index in [1.807, 2.05) is 40.7 Å². The van der Waals surface area contributed by atoms with Gasteiger partial charge < -0.3 is 15.7 Å². The maximum absolute atomic E-state index is 11.9. The molecule has 0 aromatic heterocycles. The average Bonchev–Trinajstić information content (AvgIpc) is 2.34. The van der Waals surface area contributed by atoms with Crippen LogP contribution in [0.2, 0.25) is 0 Å². The molecule has 1 saturated carbocycles. The van der Waals surface area contributed by atoms with Crippen LogP contribution in [0.3, 0.4) is 0 Å². The lowest BCUT2D eigenvalue weighted by Gasteiger charge is -2.46. The molecule has 0 bridgehead atoms. The molecule has 1 aliphatic rings. The van der Waals surface area contributed by atoms with Gasteiger partial charge in [0, 0.05) is 12.6 Å². The van der Waals surface area contributed by atoms with E-state index < -0.39 is 5.97 Å². The summed E-state index contributed by atoms with van der Waals surface area (Å²) in [5.41, 5.74) is 0.828. The van der Waals surface area contributed by atoms with E-state index in [0.29, 0.717) is 19.4 Å². The van der Waals surface area contributed by atoms with Crippen LogP contribution in [0, 0.1) is 17.3 Å². The Morgan fingerprint density at radius 3 is 2.43 bits per heavy atom. The largest absolute Gasteiger partial charge is 0.481 e. The quantitative estimate of drug-likeness (QED) is 0.698. The third-order valence-corrected chi connectivity index (χ3v) is 4.83. The van der Waals surface area contributed by atoms with Gasteiger partial charge in [-0.15, -0.1) is 0 Å². The number of carboxylic acid groups (broad SMARTS) is 1. The highest BCUT2D eigenvalue weighted by atomic mass is 16.4. The third kappa shape index (κ3) is 4.48. The lowest BCUT2D eigenvalue weighted by molar-refractivity contribution is -0.150. The molecule has 0 radical (unpaired) electrons. The number of rotatable bonds is 4. The topological polar surface area (TPSA) is 78.4 Å². The van der Waals surface area contributed by atoms with Gasteiger partial charge in [0.1, 0.15) is 0 Å². The van der Waals surface area contributed by atoms with Crippen molar-refractivity contribution in [3.8, 4) is 0 Å². The van der Waals surface area contributed by atoms with Crippen molar-refractivity contribution >= 4 is 12.0 Å². The first-order valence-electron chi connectivity index (χ1n) is 7.56. The summed E-state index contributed by atoms with van der Waals surface area (Å²) in [5, 5.41) is 15.1. The second kappa shape index (κ2) is 6.96. The zero-order chi connectivity index (χ0) is 16.2. The Hall–Kier alpha value is -1.52. The fourth-order valence-electron chi connectivity index (χ4n) is 3.01. The van der Waals surface area contributed by atoms with Gasteiger partial charge in [0.2, 0.25) is 0 Å². The Balaban J connectivity index is 2.60. The molecule has 0 spiro atoms. The molecule has 3 atom stereocenters. The van der Waals surface area contributed by atoms with Crippen molar-refractivity contribution in [3.63, 3.8) is 0 Å². The lowest BCUT2D eigenvalue weighted by atomic mass is 9.61. The van der Waals surface area contributed by atoms with Gasteiger partial charge in [-0.1, -0.05) is 32.4 Å². The van der Waals surface area contributed by atoms with Gasteiger partial charge in [0.25, 0.3) is 0 Å². The number of urea groups is 1. The van der Waals surface area contributed by atoms with Crippen molar-refractivity contribution in [2.45, 2.75) is 53.5 Å². The predicted octanol–water partition coefficient (Wildman–Crippen LogP) is 2.78. The van der Waals surface area contributed by atoms with Crippen molar-refractivity contribution in [1.29, 1.82) is 0 Å². The minimum atomic E-state index is -0.738. The fraction of sp³-hybridized carbons (Fsp3) is 0.750. The number of carboxylic acids is 1. The number of hydrogen-bond acceptors (Lipinski definition) is 2. The van der Waals surface area contributed by atoms with Crippen LogP contribution in [0.5, 0.6) is 0 Å². The number of amides is 2. The average molecular weight is 296 g/mol. The van der Waals surface area contributed by atoms with Gasteiger partial charge in [0.05, 0.1) is 5.92 Å². The van der Waals surface area contributed by atoms with Crippen molar-refractivity contribution in [2.75, 3.05) is 6.54 Å². The Labute approximate surface area is 127 Å². The zero-order valence-electron chi connectivity index (χ0n) is 13.7. The second-order valence-corrected chi connectivity index (χ2v) is 6.82. The van der Waals surface area contributed by atoms with Gasteiger partial charge in [-0.2, -0.15) is 0 Å². The first-order valence-corrected chi connectivity index (χ1v) is 7.56. The summed E-state index contributed by atoms with van der Waals surface area (Å²) >= 11 is 0. The van der Waals surface area contributed by atoms with Gasteiger partial charge in [0.15, 0.2) is 0 Å². The smallest absolute Gasteiger partial charge is 0.315 e. The summed E-state index contributed by atoms with van der Waals surface area (Å²) in [4.78, 5) is 23.2. The van der Waals surface area contributed by atoms with Crippen LogP contribution < -0.4 is 10.6 Å². The molecule has 120 valence electrons. The molecule has 0 aliphatic heterocycles. The summed E-state index contributed by atoms with van der Waals surface area (Å²) in [7, 11) is 0. The summed E-state index contributed by atoms with van der Waals surface area (Å²) in [6.07, 6.45) is 3.26. The number of aliphatic carboxylic acids is 1. The SMILES string of the molecule is CC(C)=CCNC(=O)NC1CCC(C(=O)O)C(C)(C)C1C. The normalized spacial score (nSPS) is 27.6. The highest BCUT2D eigenvalue weighted by Gasteiger charge is 2.46. The molecule has 1 aliphatic carbocycles. The Bertz CT molecular complexity index is 425. The number of carbonyl (C=O) groups excluding carboxylic acids is 1. The van der Waals surface area contributed by atoms with Gasteiger partial charge in [-0.25, -0.2) is 4.79 Å². The predicted molar refractivity (Wildman–Crippen MR) is 83.1 cm³/mol. The molecule has 1 fully saturated rings. The molecular formula is C16H28N2O3. The molecule has 0 heterocycles. The second-order valence-electron chi connectivity index (χ2n) is 6.82. The molecule has 0 aromatic carbocycles.